The van der Waals surface area contributed by atoms with Crippen LogP contribution in [-0.2, 0) is 50.1 Å². The van der Waals surface area contributed by atoms with Crippen molar-refractivity contribution in [3.05, 3.63) is 178 Å². The van der Waals surface area contributed by atoms with Gasteiger partial charge in [-0.15, -0.1) is 0 Å². The summed E-state index contributed by atoms with van der Waals surface area (Å²) in [6.45, 7) is 1.61. The van der Waals surface area contributed by atoms with Crippen molar-refractivity contribution in [3.63, 3.8) is 0 Å². The average molecular weight is 710 g/mol. The molecule has 1 saturated heterocycles. The predicted molar refractivity (Wildman–Crippen MR) is 196 cm³/mol. The lowest BCUT2D eigenvalue weighted by atomic mass is 9.98. The summed E-state index contributed by atoms with van der Waals surface area (Å²) in [6, 6.07) is 46.6. The zero-order valence-corrected chi connectivity index (χ0v) is 29.0. The molecule has 8 nitrogen and oxygen atoms in total. The quantitative estimate of drug-likeness (QED) is 0.0533. The van der Waals surface area contributed by atoms with Crippen LogP contribution in [0.15, 0.2) is 150 Å². The molecule has 0 spiro atoms. The Morgan fingerprint density at radius 2 is 1.00 bits per heavy atom. The summed E-state index contributed by atoms with van der Waals surface area (Å²) < 4.78 is 33.3. The Labute approximate surface area is 300 Å². The molecule has 5 aromatic carbocycles. The molecule has 0 N–H and O–H groups in total. The first kappa shape index (κ1) is 35.8. The monoisotopic (exact) mass is 709 g/mol. The topological polar surface area (TPSA) is 89.3 Å². The van der Waals surface area contributed by atoms with E-state index in [1.807, 2.05) is 121 Å². The molecule has 1 aliphatic rings. The minimum absolute atomic E-state index is 0.0336. The molecule has 0 amide bonds. The van der Waals surface area contributed by atoms with E-state index in [0.29, 0.717) is 31.3 Å². The maximum atomic E-state index is 11.9. The normalized spacial score (nSPS) is 20.4. The highest BCUT2D eigenvalue weighted by Crippen LogP contribution is 2.45. The Balaban J connectivity index is 1.32. The molecule has 1 heterocycles. The fourth-order valence-corrected chi connectivity index (χ4v) is 8.18. The molecule has 50 heavy (non-hydrogen) atoms. The second kappa shape index (κ2) is 18.8. The van der Waals surface area contributed by atoms with Crippen LogP contribution in [0.3, 0.4) is 0 Å². The van der Waals surface area contributed by atoms with E-state index in [1.165, 1.54) is 27.7 Å². The van der Waals surface area contributed by atoms with Crippen LogP contribution in [0.4, 0.5) is 5.69 Å². The summed E-state index contributed by atoms with van der Waals surface area (Å²) in [5, 5.41) is 11.9. The molecule has 5 aromatic rings. The molecule has 1 fully saturated rings. The number of hydrogen-bond acceptors (Lipinski definition) is 9. The summed E-state index contributed by atoms with van der Waals surface area (Å²) in [5.41, 5.74) is 3.52. The average Bonchev–Trinajstić information content (AvgIpc) is 3.17. The van der Waals surface area contributed by atoms with Crippen LogP contribution >= 0.6 is 21.6 Å². The van der Waals surface area contributed by atoms with Gasteiger partial charge in [-0.1, -0.05) is 144 Å². The van der Waals surface area contributed by atoms with Gasteiger partial charge in [0.2, 0.25) is 0 Å². The first-order chi connectivity index (χ1) is 24.6. The van der Waals surface area contributed by atoms with E-state index in [2.05, 4.69) is 0 Å². The molecule has 6 rings (SSSR count). The fraction of sp³-hybridized carbons (Fsp3) is 0.250. The molecule has 0 bridgehead atoms. The third-order valence-electron chi connectivity index (χ3n) is 8.14. The highest BCUT2D eigenvalue weighted by atomic mass is 33.1. The second-order valence-corrected chi connectivity index (χ2v) is 14.1. The van der Waals surface area contributed by atoms with Crippen molar-refractivity contribution in [2.45, 2.75) is 61.2 Å². The van der Waals surface area contributed by atoms with E-state index in [4.69, 9.17) is 23.7 Å². The molecule has 0 saturated carbocycles. The maximum absolute atomic E-state index is 11.9. The van der Waals surface area contributed by atoms with Gasteiger partial charge in [0.1, 0.15) is 29.9 Å². The van der Waals surface area contributed by atoms with Gasteiger partial charge in [-0.25, -0.2) is 0 Å². The van der Waals surface area contributed by atoms with Gasteiger partial charge in [0.25, 0.3) is 5.69 Å². The van der Waals surface area contributed by atoms with Gasteiger partial charge < -0.3 is 23.7 Å². The number of nitro groups is 1. The Bertz CT molecular complexity index is 1730. The zero-order chi connectivity index (χ0) is 34.4. The molecule has 5 atom stereocenters. The van der Waals surface area contributed by atoms with Gasteiger partial charge in [0.05, 0.1) is 42.9 Å². The van der Waals surface area contributed by atoms with Crippen LogP contribution in [0.5, 0.6) is 0 Å². The zero-order valence-electron chi connectivity index (χ0n) is 27.4. The maximum Gasteiger partial charge on any atom is 0.283 e. The predicted octanol–water partition coefficient (Wildman–Crippen LogP) is 9.03. The van der Waals surface area contributed by atoms with Crippen molar-refractivity contribution in [1.29, 1.82) is 0 Å². The Hall–Kier alpha value is -4.00. The van der Waals surface area contributed by atoms with E-state index in [-0.39, 0.29) is 17.2 Å². The van der Waals surface area contributed by atoms with E-state index >= 15 is 0 Å². The molecular weight excluding hydrogens is 671 g/mol. The van der Waals surface area contributed by atoms with Gasteiger partial charge in [-0.05, 0) is 39.1 Å². The third-order valence-corrected chi connectivity index (χ3v) is 10.7. The molecule has 0 aliphatic carbocycles. The summed E-state index contributed by atoms with van der Waals surface area (Å²) >= 11 is 0. The minimum atomic E-state index is -0.606. The summed E-state index contributed by atoms with van der Waals surface area (Å²) in [6.07, 6.45) is -2.29. The van der Waals surface area contributed by atoms with Crippen molar-refractivity contribution in [3.8, 4) is 0 Å². The molecule has 0 unspecified atom stereocenters. The van der Waals surface area contributed by atoms with Gasteiger partial charge in [0, 0.05) is 6.07 Å². The number of rotatable bonds is 17. The van der Waals surface area contributed by atoms with E-state index in [1.54, 1.807) is 18.2 Å². The largest absolute Gasteiger partial charge is 0.374 e. The van der Waals surface area contributed by atoms with Gasteiger partial charge >= 0.3 is 0 Å². The van der Waals surface area contributed by atoms with Crippen molar-refractivity contribution in [1.82, 2.24) is 0 Å². The molecule has 10 heteroatoms. The molecule has 0 aromatic heterocycles. The van der Waals surface area contributed by atoms with Gasteiger partial charge in [-0.2, -0.15) is 0 Å². The SMILES string of the molecule is O=[N+]([O-])c1ccccc1SS[C@@H]1O[C@H](COCc2ccccc2)[C@@H](OCc2ccccc2)[C@H](OCc2ccccc2)[C@H]1OCc1ccccc1. The van der Waals surface area contributed by atoms with Crippen molar-refractivity contribution in [2.24, 2.45) is 0 Å². The minimum Gasteiger partial charge on any atom is -0.374 e. The van der Waals surface area contributed by atoms with Crippen molar-refractivity contribution >= 4 is 27.3 Å². The molecule has 258 valence electrons. The lowest BCUT2D eigenvalue weighted by Gasteiger charge is -2.45. The third kappa shape index (κ3) is 10.3. The second-order valence-electron chi connectivity index (χ2n) is 11.7. The van der Waals surface area contributed by atoms with Crippen molar-refractivity contribution < 1.29 is 28.6 Å². The Kier molecular flexibility index (Phi) is 13.5. The summed E-state index contributed by atoms with van der Waals surface area (Å²) in [5.74, 6) is 0. The number of benzene rings is 5. The number of para-hydroxylation sites is 1. The Morgan fingerprint density at radius 3 is 1.52 bits per heavy atom. The lowest BCUT2D eigenvalue weighted by molar-refractivity contribution is -0.387. The van der Waals surface area contributed by atoms with Crippen LogP contribution in [0.2, 0.25) is 0 Å². The van der Waals surface area contributed by atoms with Crippen LogP contribution in [0.25, 0.3) is 0 Å². The number of nitro benzene ring substituents is 1. The number of nitrogens with zero attached hydrogens (tertiary/aromatic N) is 1. The van der Waals surface area contributed by atoms with Crippen LogP contribution < -0.4 is 0 Å². The van der Waals surface area contributed by atoms with E-state index < -0.39 is 29.9 Å². The Morgan fingerprint density at radius 1 is 0.560 bits per heavy atom. The summed E-state index contributed by atoms with van der Waals surface area (Å²) in [4.78, 5) is 12.0. The number of ether oxygens (including phenoxy) is 5. The highest BCUT2D eigenvalue weighted by molar-refractivity contribution is 8.77. The fourth-order valence-electron chi connectivity index (χ4n) is 5.60. The van der Waals surface area contributed by atoms with Crippen LogP contribution in [0, 0.1) is 10.1 Å². The van der Waals surface area contributed by atoms with Crippen LogP contribution in [0.1, 0.15) is 22.3 Å². The van der Waals surface area contributed by atoms with Gasteiger partial charge in [0.15, 0.2) is 0 Å². The first-order valence-corrected chi connectivity index (χ1v) is 18.7. The number of hydrogen-bond donors (Lipinski definition) is 0. The highest BCUT2D eigenvalue weighted by Gasteiger charge is 2.49. The first-order valence-electron chi connectivity index (χ1n) is 16.4. The smallest absolute Gasteiger partial charge is 0.283 e. The van der Waals surface area contributed by atoms with E-state index in [0.717, 1.165) is 22.3 Å². The molecular formula is C40H39NO7S2. The van der Waals surface area contributed by atoms with Crippen molar-refractivity contribution in [2.75, 3.05) is 6.61 Å². The lowest BCUT2D eigenvalue weighted by Crippen LogP contribution is -2.60. The van der Waals surface area contributed by atoms with Crippen LogP contribution in [-0.4, -0.2) is 41.4 Å². The molecule has 0 radical (unpaired) electrons. The standard InChI is InChI=1S/C40H39NO7S2/c42-41(43)34-23-13-14-24-36(34)49-50-40-39(47-28-33-21-11-4-12-22-33)38(46-27-32-19-9-3-10-20-32)37(45-26-31-17-7-2-8-18-31)35(48-40)29-44-25-30-15-5-1-6-16-30/h1-24,35,37-40H,25-29H2/t35-,37-,38+,39-,40+/m1/s1. The molecule has 1 aliphatic heterocycles. The van der Waals surface area contributed by atoms with Gasteiger partial charge in [-0.3, -0.25) is 10.1 Å². The van der Waals surface area contributed by atoms with E-state index in [9.17, 15) is 10.1 Å². The summed E-state index contributed by atoms with van der Waals surface area (Å²) in [7, 11) is 2.67.